The zero-order valence-electron chi connectivity index (χ0n) is 6.82. The van der Waals surface area contributed by atoms with Crippen molar-refractivity contribution in [2.45, 2.75) is 6.54 Å². The molecule has 0 aliphatic rings. The maximum Gasteiger partial charge on any atom is 0.254 e. The fourth-order valence-electron chi connectivity index (χ4n) is 0.945. The molecule has 1 aromatic carbocycles. The summed E-state index contributed by atoms with van der Waals surface area (Å²) in [6, 6.07) is 7.73. The van der Waals surface area contributed by atoms with Gasteiger partial charge < -0.3 is 4.74 Å². The lowest BCUT2D eigenvalue weighted by atomic mass is 10.2. The first kappa shape index (κ1) is 8.93. The Labute approximate surface area is 75.0 Å². The number of benzene rings is 1. The summed E-state index contributed by atoms with van der Waals surface area (Å²) < 4.78 is 8.61. The standard InChI is InChI=1S/C8H9N2OSi/c1-11-8-5-3-2-4-7(8)6-9-10-12/h2-5H,6H2,1H3. The van der Waals surface area contributed by atoms with E-state index >= 15 is 0 Å². The van der Waals surface area contributed by atoms with Crippen LogP contribution in [-0.4, -0.2) is 17.5 Å². The lowest BCUT2D eigenvalue weighted by molar-refractivity contribution is 0.409. The normalized spacial score (nSPS) is 10.5. The summed E-state index contributed by atoms with van der Waals surface area (Å²) in [4.78, 5) is 0. The molecule has 0 saturated heterocycles. The summed E-state index contributed by atoms with van der Waals surface area (Å²) >= 11 is 0. The first-order chi connectivity index (χ1) is 5.88. The number of rotatable bonds is 3. The molecule has 0 bridgehead atoms. The molecule has 0 N–H and O–H groups in total. The van der Waals surface area contributed by atoms with Crippen LogP contribution in [-0.2, 0) is 6.54 Å². The Balaban J connectivity index is 2.81. The van der Waals surface area contributed by atoms with Gasteiger partial charge in [0.1, 0.15) is 5.75 Å². The van der Waals surface area contributed by atoms with E-state index in [9.17, 15) is 0 Å². The first-order valence-electron chi connectivity index (χ1n) is 3.53. The van der Waals surface area contributed by atoms with Gasteiger partial charge in [-0.15, -0.1) is 0 Å². The molecule has 0 aliphatic heterocycles. The molecule has 3 radical (unpaired) electrons. The van der Waals surface area contributed by atoms with Crippen LogP contribution in [0.2, 0.25) is 0 Å². The molecule has 61 valence electrons. The fraction of sp³-hybridized carbons (Fsp3) is 0.250. The predicted octanol–water partition coefficient (Wildman–Crippen LogP) is 1.73. The number of ether oxygens (including phenoxy) is 1. The molecule has 0 heterocycles. The topological polar surface area (TPSA) is 34.0 Å². The SMILES string of the molecule is COc1ccccc1CN=N[Si]. The zero-order valence-corrected chi connectivity index (χ0v) is 7.82. The molecule has 0 unspecified atom stereocenters. The molecule has 4 heteroatoms. The van der Waals surface area contributed by atoms with E-state index in [-0.39, 0.29) is 0 Å². The van der Waals surface area contributed by atoms with E-state index in [1.807, 2.05) is 24.3 Å². The third-order valence-corrected chi connectivity index (χ3v) is 1.65. The number of nitrogens with zero attached hydrogens (tertiary/aromatic N) is 2. The summed E-state index contributed by atoms with van der Waals surface area (Å²) in [6.07, 6.45) is 0. The highest BCUT2D eigenvalue weighted by molar-refractivity contribution is 6.04. The molecular weight excluding hydrogens is 168 g/mol. The van der Waals surface area contributed by atoms with Crippen LogP contribution in [0, 0.1) is 0 Å². The minimum Gasteiger partial charge on any atom is -0.496 e. The van der Waals surface area contributed by atoms with Crippen molar-refractivity contribution >= 4 is 10.4 Å². The van der Waals surface area contributed by atoms with E-state index in [0.29, 0.717) is 6.54 Å². The lowest BCUT2D eigenvalue weighted by Gasteiger charge is -2.03. The quantitative estimate of drug-likeness (QED) is 0.511. The summed E-state index contributed by atoms with van der Waals surface area (Å²) in [7, 11) is 4.56. The van der Waals surface area contributed by atoms with Crippen LogP contribution in [0.1, 0.15) is 5.56 Å². The smallest absolute Gasteiger partial charge is 0.254 e. The van der Waals surface area contributed by atoms with Gasteiger partial charge in [-0.05, 0) is 6.07 Å². The highest BCUT2D eigenvalue weighted by atomic mass is 28.2. The second-order valence-corrected chi connectivity index (χ2v) is 2.41. The molecule has 0 fully saturated rings. The molecule has 1 aromatic rings. The van der Waals surface area contributed by atoms with Crippen LogP contribution in [0.25, 0.3) is 0 Å². The van der Waals surface area contributed by atoms with Gasteiger partial charge in [0.05, 0.1) is 13.7 Å². The van der Waals surface area contributed by atoms with E-state index in [4.69, 9.17) is 4.74 Å². The molecule has 1 rings (SSSR count). The highest BCUT2D eigenvalue weighted by Gasteiger charge is 1.98. The van der Waals surface area contributed by atoms with Gasteiger partial charge in [-0.25, -0.2) is 9.89 Å². The minimum atomic E-state index is 0.535. The third kappa shape index (κ3) is 2.16. The fourth-order valence-corrected chi connectivity index (χ4v) is 1.02. The Morgan fingerprint density at radius 1 is 1.42 bits per heavy atom. The number of methoxy groups -OCH3 is 1. The minimum absolute atomic E-state index is 0.535. The zero-order chi connectivity index (χ0) is 8.81. The Bertz CT molecular complexity index is 276. The predicted molar refractivity (Wildman–Crippen MR) is 47.3 cm³/mol. The molecule has 3 nitrogen and oxygen atoms in total. The summed E-state index contributed by atoms with van der Waals surface area (Å²) in [6.45, 7) is 0.535. The van der Waals surface area contributed by atoms with E-state index in [1.54, 1.807) is 7.11 Å². The second kappa shape index (κ2) is 4.66. The van der Waals surface area contributed by atoms with Crippen molar-refractivity contribution in [3.05, 3.63) is 29.8 Å². The monoisotopic (exact) mass is 177 g/mol. The van der Waals surface area contributed by atoms with Gasteiger partial charge in [0, 0.05) is 5.56 Å². The summed E-state index contributed by atoms with van der Waals surface area (Å²) in [5.74, 6) is 0.844. The van der Waals surface area contributed by atoms with Crippen LogP contribution in [0.15, 0.2) is 34.2 Å². The van der Waals surface area contributed by atoms with Gasteiger partial charge in [-0.1, -0.05) is 18.2 Å². The van der Waals surface area contributed by atoms with Crippen LogP contribution in [0.3, 0.4) is 0 Å². The maximum atomic E-state index is 5.12. The van der Waals surface area contributed by atoms with Gasteiger partial charge in [0.15, 0.2) is 0 Å². The van der Waals surface area contributed by atoms with E-state index in [2.05, 4.69) is 20.3 Å². The van der Waals surface area contributed by atoms with Crippen molar-refractivity contribution in [2.24, 2.45) is 9.89 Å². The summed E-state index contributed by atoms with van der Waals surface area (Å²) in [5, 5.41) is 3.81. The van der Waals surface area contributed by atoms with Gasteiger partial charge in [0.25, 0.3) is 10.4 Å². The van der Waals surface area contributed by atoms with Crippen molar-refractivity contribution in [2.75, 3.05) is 7.11 Å². The Morgan fingerprint density at radius 2 is 2.17 bits per heavy atom. The Hall–Kier alpha value is -1.16. The van der Waals surface area contributed by atoms with Crippen LogP contribution >= 0.6 is 0 Å². The van der Waals surface area contributed by atoms with Crippen molar-refractivity contribution in [1.82, 2.24) is 0 Å². The first-order valence-corrected chi connectivity index (χ1v) is 3.98. The number of hydrogen-bond acceptors (Lipinski definition) is 3. The van der Waals surface area contributed by atoms with Gasteiger partial charge in [-0.2, -0.15) is 0 Å². The van der Waals surface area contributed by atoms with Crippen molar-refractivity contribution < 1.29 is 4.74 Å². The lowest BCUT2D eigenvalue weighted by Crippen LogP contribution is -1.89. The van der Waals surface area contributed by atoms with Crippen LogP contribution in [0.5, 0.6) is 5.75 Å². The Kier molecular flexibility index (Phi) is 3.47. The molecule has 0 aromatic heterocycles. The third-order valence-electron chi connectivity index (χ3n) is 1.50. The maximum absolute atomic E-state index is 5.12. The molecule has 12 heavy (non-hydrogen) atoms. The number of hydrogen-bond donors (Lipinski definition) is 0. The highest BCUT2D eigenvalue weighted by Crippen LogP contribution is 2.17. The second-order valence-electron chi connectivity index (χ2n) is 2.21. The van der Waals surface area contributed by atoms with Gasteiger partial charge >= 0.3 is 0 Å². The molecular formula is C8H9N2OSi. The molecule has 0 atom stereocenters. The van der Waals surface area contributed by atoms with Crippen molar-refractivity contribution in [1.29, 1.82) is 0 Å². The average Bonchev–Trinajstić information content (AvgIpc) is 2.15. The largest absolute Gasteiger partial charge is 0.496 e. The van der Waals surface area contributed by atoms with E-state index < -0.39 is 0 Å². The van der Waals surface area contributed by atoms with Crippen molar-refractivity contribution in [3.63, 3.8) is 0 Å². The van der Waals surface area contributed by atoms with E-state index in [1.165, 1.54) is 0 Å². The van der Waals surface area contributed by atoms with Gasteiger partial charge in [-0.3, -0.25) is 0 Å². The number of para-hydroxylation sites is 1. The van der Waals surface area contributed by atoms with E-state index in [0.717, 1.165) is 11.3 Å². The molecule has 0 amide bonds. The average molecular weight is 177 g/mol. The molecule has 0 spiro atoms. The van der Waals surface area contributed by atoms with Crippen LogP contribution < -0.4 is 4.74 Å². The van der Waals surface area contributed by atoms with Gasteiger partial charge in [0.2, 0.25) is 0 Å². The van der Waals surface area contributed by atoms with Crippen molar-refractivity contribution in [3.8, 4) is 5.75 Å². The van der Waals surface area contributed by atoms with Crippen LogP contribution in [0.4, 0.5) is 0 Å². The molecule has 0 saturated carbocycles. The molecule has 0 aliphatic carbocycles. The summed E-state index contributed by atoms with van der Waals surface area (Å²) in [5.41, 5.74) is 1.03. The Morgan fingerprint density at radius 3 is 2.83 bits per heavy atom.